The van der Waals surface area contributed by atoms with Gasteiger partial charge in [0.05, 0.1) is 12.6 Å². The van der Waals surface area contributed by atoms with Gasteiger partial charge in [0, 0.05) is 25.7 Å². The summed E-state index contributed by atoms with van der Waals surface area (Å²) in [6, 6.07) is 0.181. The average Bonchev–Trinajstić information content (AvgIpc) is 2.48. The minimum Gasteiger partial charge on any atom is -0.480 e. The van der Waals surface area contributed by atoms with Crippen molar-refractivity contribution < 1.29 is 19.4 Å². The van der Waals surface area contributed by atoms with Crippen LogP contribution in [0, 0.1) is 5.92 Å². The Morgan fingerprint density at radius 2 is 2.00 bits per heavy atom. The molecule has 0 saturated heterocycles. The molecule has 7 nitrogen and oxygen atoms in total. The summed E-state index contributed by atoms with van der Waals surface area (Å²) in [5.74, 6) is -0.417. The largest absolute Gasteiger partial charge is 0.480 e. The molecule has 1 aliphatic rings. The van der Waals surface area contributed by atoms with Crippen LogP contribution in [0.25, 0.3) is 0 Å². The van der Waals surface area contributed by atoms with Gasteiger partial charge in [0.1, 0.15) is 0 Å². The summed E-state index contributed by atoms with van der Waals surface area (Å²) in [5.41, 5.74) is 0. The number of hydrogen-bond donors (Lipinski definition) is 3. The number of carboxylic acids is 1. The predicted octanol–water partition coefficient (Wildman–Crippen LogP) is 1.28. The van der Waals surface area contributed by atoms with E-state index in [4.69, 9.17) is 9.84 Å². The van der Waals surface area contributed by atoms with Crippen LogP contribution < -0.4 is 10.6 Å². The van der Waals surface area contributed by atoms with Crippen molar-refractivity contribution in [2.75, 3.05) is 26.7 Å². The summed E-state index contributed by atoms with van der Waals surface area (Å²) >= 11 is 0. The van der Waals surface area contributed by atoms with Gasteiger partial charge < -0.3 is 20.5 Å². The van der Waals surface area contributed by atoms with Gasteiger partial charge in [-0.1, -0.05) is 27.2 Å². The molecular formula is C16H31N3O4. The fourth-order valence-corrected chi connectivity index (χ4v) is 2.89. The Bertz CT molecular complexity index is 386. The number of hydrogen-bond acceptors (Lipinski definition) is 4. The molecule has 2 amide bonds. The van der Waals surface area contributed by atoms with E-state index in [0.29, 0.717) is 19.0 Å². The van der Waals surface area contributed by atoms with Crippen molar-refractivity contribution in [1.29, 1.82) is 0 Å². The van der Waals surface area contributed by atoms with Crippen molar-refractivity contribution in [1.82, 2.24) is 15.5 Å². The number of carbonyl (C=O) groups is 2. The van der Waals surface area contributed by atoms with E-state index in [-0.39, 0.29) is 30.8 Å². The Balaban J connectivity index is 2.26. The number of amides is 2. The average molecular weight is 329 g/mol. The van der Waals surface area contributed by atoms with Crippen LogP contribution in [0.15, 0.2) is 0 Å². The van der Waals surface area contributed by atoms with E-state index in [1.165, 1.54) is 0 Å². The summed E-state index contributed by atoms with van der Waals surface area (Å²) in [6.07, 6.45) is 2.62. The van der Waals surface area contributed by atoms with E-state index in [1.807, 2.05) is 11.8 Å². The minimum absolute atomic E-state index is 0.0195. The number of rotatable bonds is 10. The van der Waals surface area contributed by atoms with E-state index < -0.39 is 5.97 Å². The molecule has 1 aliphatic carbocycles. The van der Waals surface area contributed by atoms with Crippen LogP contribution in [-0.4, -0.2) is 66.9 Å². The molecule has 0 radical (unpaired) electrons. The van der Waals surface area contributed by atoms with Crippen LogP contribution in [0.4, 0.5) is 4.79 Å². The van der Waals surface area contributed by atoms with Gasteiger partial charge in [-0.2, -0.15) is 0 Å². The molecule has 2 unspecified atom stereocenters. The molecular weight excluding hydrogens is 298 g/mol. The van der Waals surface area contributed by atoms with Crippen LogP contribution in [0.2, 0.25) is 0 Å². The second-order valence-electron chi connectivity index (χ2n) is 6.29. The first-order valence-corrected chi connectivity index (χ1v) is 8.44. The highest BCUT2D eigenvalue weighted by molar-refractivity contribution is 5.74. The highest BCUT2D eigenvalue weighted by Crippen LogP contribution is 2.25. The lowest BCUT2D eigenvalue weighted by molar-refractivity contribution is -0.139. The van der Waals surface area contributed by atoms with Gasteiger partial charge in [-0.15, -0.1) is 0 Å². The lowest BCUT2D eigenvalue weighted by Gasteiger charge is -2.42. The number of carboxylic acid groups (broad SMARTS) is 1. The van der Waals surface area contributed by atoms with E-state index >= 15 is 0 Å². The summed E-state index contributed by atoms with van der Waals surface area (Å²) in [7, 11) is 1.66. The van der Waals surface area contributed by atoms with Crippen LogP contribution in [0.3, 0.4) is 0 Å². The maximum Gasteiger partial charge on any atom is 0.317 e. The molecule has 2 atom stereocenters. The fourth-order valence-electron chi connectivity index (χ4n) is 2.89. The molecule has 0 aliphatic heterocycles. The van der Waals surface area contributed by atoms with Gasteiger partial charge in [-0.3, -0.25) is 9.69 Å². The topological polar surface area (TPSA) is 90.9 Å². The lowest BCUT2D eigenvalue weighted by atomic mass is 9.85. The van der Waals surface area contributed by atoms with Crippen molar-refractivity contribution in [3.05, 3.63) is 0 Å². The zero-order valence-electron chi connectivity index (χ0n) is 14.7. The first-order valence-electron chi connectivity index (χ1n) is 8.44. The Morgan fingerprint density at radius 1 is 1.35 bits per heavy atom. The van der Waals surface area contributed by atoms with Gasteiger partial charge in [0.25, 0.3) is 0 Å². The molecule has 23 heavy (non-hydrogen) atoms. The molecule has 0 bridgehead atoms. The maximum absolute atomic E-state index is 11.9. The van der Waals surface area contributed by atoms with Gasteiger partial charge in [0.2, 0.25) is 0 Å². The quantitative estimate of drug-likeness (QED) is 0.562. The molecule has 1 saturated carbocycles. The molecule has 0 aromatic rings. The monoisotopic (exact) mass is 329 g/mol. The van der Waals surface area contributed by atoms with Crippen LogP contribution in [-0.2, 0) is 9.53 Å². The number of nitrogens with zero attached hydrogens (tertiary/aromatic N) is 1. The van der Waals surface area contributed by atoms with E-state index in [0.717, 1.165) is 19.3 Å². The van der Waals surface area contributed by atoms with E-state index in [2.05, 4.69) is 24.5 Å². The third kappa shape index (κ3) is 6.35. The van der Waals surface area contributed by atoms with Gasteiger partial charge >= 0.3 is 12.0 Å². The van der Waals surface area contributed by atoms with Crippen molar-refractivity contribution in [2.45, 2.75) is 58.2 Å². The summed E-state index contributed by atoms with van der Waals surface area (Å²) in [5, 5.41) is 14.7. The normalized spacial score (nSPS) is 23.0. The Labute approximate surface area is 138 Å². The molecule has 3 N–H and O–H groups in total. The zero-order valence-corrected chi connectivity index (χ0v) is 14.7. The molecule has 0 heterocycles. The van der Waals surface area contributed by atoms with Crippen LogP contribution in [0.1, 0.15) is 40.0 Å². The summed E-state index contributed by atoms with van der Waals surface area (Å²) in [6.45, 7) is 7.42. The van der Waals surface area contributed by atoms with Crippen LogP contribution in [0.5, 0.6) is 0 Å². The molecule has 1 rings (SSSR count). The van der Waals surface area contributed by atoms with Crippen molar-refractivity contribution in [3.8, 4) is 0 Å². The van der Waals surface area contributed by atoms with Crippen molar-refractivity contribution in [3.63, 3.8) is 0 Å². The number of likely N-dealkylation sites (N-methyl/N-ethyl adjacent to an activating group) is 1. The molecule has 0 spiro atoms. The summed E-state index contributed by atoms with van der Waals surface area (Å²) in [4.78, 5) is 24.6. The molecule has 134 valence electrons. The lowest BCUT2D eigenvalue weighted by Crippen LogP contribution is -2.56. The van der Waals surface area contributed by atoms with Gasteiger partial charge in [0.15, 0.2) is 0 Å². The third-order valence-corrected chi connectivity index (χ3v) is 4.75. The standard InChI is InChI=1S/C16H31N3O4/c1-5-11(3)14(23-4)9-17-16(22)18-12-7-13(8-12)19(6-2)10-15(20)21/h11-14H,5-10H2,1-4H3,(H,20,21)(H2,17,18,22). The van der Waals surface area contributed by atoms with Crippen LogP contribution >= 0.6 is 0 Å². The van der Waals surface area contributed by atoms with Crippen molar-refractivity contribution >= 4 is 12.0 Å². The second-order valence-corrected chi connectivity index (χ2v) is 6.29. The smallest absolute Gasteiger partial charge is 0.317 e. The first kappa shape index (κ1) is 19.7. The van der Waals surface area contributed by atoms with Crippen molar-refractivity contribution in [2.24, 2.45) is 5.92 Å². The SMILES string of the molecule is CCC(C)C(CNC(=O)NC1CC(N(CC)CC(=O)O)C1)OC. The molecule has 0 aromatic heterocycles. The minimum atomic E-state index is -0.809. The number of carbonyl (C=O) groups excluding carboxylic acids is 1. The Kier molecular flexibility index (Phi) is 8.33. The second kappa shape index (κ2) is 9.72. The number of methoxy groups -OCH3 is 1. The highest BCUT2D eigenvalue weighted by Gasteiger charge is 2.34. The molecule has 0 aromatic carbocycles. The fraction of sp³-hybridized carbons (Fsp3) is 0.875. The van der Waals surface area contributed by atoms with E-state index in [1.54, 1.807) is 7.11 Å². The summed E-state index contributed by atoms with van der Waals surface area (Å²) < 4.78 is 5.39. The predicted molar refractivity (Wildman–Crippen MR) is 88.5 cm³/mol. The molecule has 1 fully saturated rings. The maximum atomic E-state index is 11.9. The third-order valence-electron chi connectivity index (χ3n) is 4.75. The zero-order chi connectivity index (χ0) is 17.4. The van der Waals surface area contributed by atoms with Gasteiger partial charge in [-0.25, -0.2) is 4.79 Å². The number of nitrogens with one attached hydrogen (secondary N) is 2. The Morgan fingerprint density at radius 3 is 2.48 bits per heavy atom. The van der Waals surface area contributed by atoms with Gasteiger partial charge in [-0.05, 0) is 25.3 Å². The number of ether oxygens (including phenoxy) is 1. The highest BCUT2D eigenvalue weighted by atomic mass is 16.5. The molecule has 7 heteroatoms. The number of aliphatic carboxylic acids is 1. The Hall–Kier alpha value is -1.34. The van der Waals surface area contributed by atoms with E-state index in [9.17, 15) is 9.59 Å². The number of urea groups is 1. The first-order chi connectivity index (χ1) is 10.9.